The molecule has 1 fully saturated rings. The number of hydrogen-bond donors (Lipinski definition) is 3. The molecule has 0 spiro atoms. The van der Waals surface area contributed by atoms with Crippen molar-refractivity contribution in [3.05, 3.63) is 23.6 Å². The highest BCUT2D eigenvalue weighted by Crippen LogP contribution is 2.24. The number of nitrogens with one attached hydrogen (secondary N) is 2. The molecule has 2 aromatic rings. The van der Waals surface area contributed by atoms with Crippen LogP contribution >= 0.6 is 11.6 Å². The van der Waals surface area contributed by atoms with Crippen molar-refractivity contribution in [2.24, 2.45) is 0 Å². The van der Waals surface area contributed by atoms with Crippen LogP contribution in [0.4, 0.5) is 17.5 Å². The summed E-state index contributed by atoms with van der Waals surface area (Å²) in [6.45, 7) is 1.34. The summed E-state index contributed by atoms with van der Waals surface area (Å²) in [6.07, 6.45) is 7.65. The maximum Gasteiger partial charge on any atom is 0.229 e. The van der Waals surface area contributed by atoms with Gasteiger partial charge in [-0.25, -0.2) is 13.4 Å². The molecule has 1 unspecified atom stereocenters. The smallest absolute Gasteiger partial charge is 0.229 e. The van der Waals surface area contributed by atoms with Crippen molar-refractivity contribution in [3.63, 3.8) is 0 Å². The fraction of sp³-hybridized carbons (Fsp3) is 0.533. The fourth-order valence-electron chi connectivity index (χ4n) is 3.00. The Balaban J connectivity index is 1.66. The highest BCUT2D eigenvalue weighted by atomic mass is 35.5. The topological polar surface area (TPSA) is 125 Å². The predicted octanol–water partition coefficient (Wildman–Crippen LogP) is 0.898. The summed E-state index contributed by atoms with van der Waals surface area (Å²) in [4.78, 5) is 8.49. The van der Waals surface area contributed by atoms with Gasteiger partial charge < -0.3 is 15.7 Å². The van der Waals surface area contributed by atoms with Gasteiger partial charge in [0.25, 0.3) is 0 Å². The van der Waals surface area contributed by atoms with Crippen molar-refractivity contribution in [2.75, 3.05) is 36.6 Å². The molecule has 0 aromatic carbocycles. The van der Waals surface area contributed by atoms with Crippen LogP contribution in [0.25, 0.3) is 0 Å². The molecule has 1 atom stereocenters. The zero-order valence-corrected chi connectivity index (χ0v) is 16.4. The van der Waals surface area contributed by atoms with Gasteiger partial charge in [-0.15, -0.1) is 0 Å². The Labute approximate surface area is 162 Å². The Morgan fingerprint density at radius 2 is 2.22 bits per heavy atom. The van der Waals surface area contributed by atoms with Gasteiger partial charge in [0.15, 0.2) is 5.82 Å². The molecule has 148 valence electrons. The minimum absolute atomic E-state index is 0.00169. The molecule has 3 rings (SSSR count). The van der Waals surface area contributed by atoms with Crippen LogP contribution in [0.3, 0.4) is 0 Å². The predicted molar refractivity (Wildman–Crippen MR) is 103 cm³/mol. The lowest BCUT2D eigenvalue weighted by atomic mass is 10.2. The van der Waals surface area contributed by atoms with E-state index in [1.807, 2.05) is 0 Å². The third kappa shape index (κ3) is 5.06. The molecule has 1 aliphatic rings. The van der Waals surface area contributed by atoms with Gasteiger partial charge in [-0.2, -0.15) is 14.4 Å². The lowest BCUT2D eigenvalue weighted by molar-refractivity contribution is 0.269. The molecule has 27 heavy (non-hydrogen) atoms. The molecular formula is C15H22ClN7O3S. The third-order valence-electron chi connectivity index (χ3n) is 4.22. The van der Waals surface area contributed by atoms with Crippen LogP contribution < -0.4 is 10.6 Å². The van der Waals surface area contributed by atoms with Gasteiger partial charge in [-0.3, -0.25) is 4.68 Å². The summed E-state index contributed by atoms with van der Waals surface area (Å²) in [5, 5.41) is 19.5. The van der Waals surface area contributed by atoms with E-state index in [4.69, 9.17) is 16.7 Å². The molecule has 3 heterocycles. The van der Waals surface area contributed by atoms with E-state index in [1.165, 1.54) is 16.8 Å². The van der Waals surface area contributed by atoms with E-state index in [2.05, 4.69) is 25.7 Å². The van der Waals surface area contributed by atoms with E-state index >= 15 is 0 Å². The summed E-state index contributed by atoms with van der Waals surface area (Å²) in [7, 11) is -3.23. The molecule has 0 bridgehead atoms. The number of rotatable bonds is 8. The number of aliphatic hydroxyl groups excluding tert-OH is 1. The monoisotopic (exact) mass is 415 g/mol. The second-order valence-corrected chi connectivity index (χ2v) is 8.62. The molecule has 12 heteroatoms. The van der Waals surface area contributed by atoms with Gasteiger partial charge in [0.2, 0.25) is 16.0 Å². The molecule has 0 aliphatic carbocycles. The Kier molecular flexibility index (Phi) is 6.15. The Morgan fingerprint density at radius 3 is 2.96 bits per heavy atom. The summed E-state index contributed by atoms with van der Waals surface area (Å²) in [6, 6.07) is -0.126. The van der Waals surface area contributed by atoms with Gasteiger partial charge in [-0.1, -0.05) is 11.6 Å². The van der Waals surface area contributed by atoms with E-state index < -0.39 is 10.0 Å². The number of nitrogens with zero attached hydrogens (tertiary/aromatic N) is 5. The van der Waals surface area contributed by atoms with Gasteiger partial charge >= 0.3 is 0 Å². The number of halogens is 1. The number of sulfonamides is 1. The van der Waals surface area contributed by atoms with Crippen molar-refractivity contribution in [1.29, 1.82) is 0 Å². The van der Waals surface area contributed by atoms with Crippen molar-refractivity contribution in [2.45, 2.75) is 25.4 Å². The van der Waals surface area contributed by atoms with Crippen molar-refractivity contribution in [1.82, 2.24) is 24.1 Å². The first-order valence-electron chi connectivity index (χ1n) is 8.50. The zero-order chi connectivity index (χ0) is 19.4. The molecule has 2 aromatic heterocycles. The standard InChI is InChI=1S/C15H22ClN7O3S/c1-27(25,26)23-4-2-3-12(23)8-17-14-13(16)9-18-15(21-14)20-11-7-19-22(10-11)5-6-24/h7,9-10,12,24H,2-6,8H2,1H3,(H2,17,18,20,21). The van der Waals surface area contributed by atoms with Crippen LogP contribution in [0.5, 0.6) is 0 Å². The first kappa shape index (κ1) is 19.8. The summed E-state index contributed by atoms with van der Waals surface area (Å²) >= 11 is 6.16. The lowest BCUT2D eigenvalue weighted by Crippen LogP contribution is -2.38. The van der Waals surface area contributed by atoms with Crippen LogP contribution in [0, 0.1) is 0 Å². The molecule has 1 aliphatic heterocycles. The fourth-order valence-corrected chi connectivity index (χ4v) is 4.34. The van der Waals surface area contributed by atoms with E-state index in [0.717, 1.165) is 12.8 Å². The highest BCUT2D eigenvalue weighted by Gasteiger charge is 2.31. The van der Waals surface area contributed by atoms with E-state index in [9.17, 15) is 8.42 Å². The molecular weight excluding hydrogens is 394 g/mol. The molecule has 0 radical (unpaired) electrons. The average Bonchev–Trinajstić information content (AvgIpc) is 3.25. The van der Waals surface area contributed by atoms with Crippen LogP contribution in [0.2, 0.25) is 5.02 Å². The molecule has 1 saturated heterocycles. The largest absolute Gasteiger partial charge is 0.394 e. The Bertz CT molecular complexity index is 889. The van der Waals surface area contributed by atoms with Crippen LogP contribution in [0.1, 0.15) is 12.8 Å². The lowest BCUT2D eigenvalue weighted by Gasteiger charge is -2.22. The highest BCUT2D eigenvalue weighted by molar-refractivity contribution is 7.88. The normalized spacial score (nSPS) is 18.0. The van der Waals surface area contributed by atoms with Crippen molar-refractivity contribution < 1.29 is 13.5 Å². The number of anilines is 3. The number of aromatic nitrogens is 4. The van der Waals surface area contributed by atoms with Crippen LogP contribution in [-0.2, 0) is 16.6 Å². The molecule has 0 saturated carbocycles. The van der Waals surface area contributed by atoms with Gasteiger partial charge in [-0.05, 0) is 12.8 Å². The zero-order valence-electron chi connectivity index (χ0n) is 14.8. The summed E-state index contributed by atoms with van der Waals surface area (Å²) < 4.78 is 26.8. The van der Waals surface area contributed by atoms with E-state index in [-0.39, 0.29) is 12.6 Å². The van der Waals surface area contributed by atoms with Gasteiger partial charge in [0.05, 0.1) is 37.5 Å². The number of hydrogen-bond acceptors (Lipinski definition) is 8. The Morgan fingerprint density at radius 1 is 1.41 bits per heavy atom. The maximum absolute atomic E-state index is 11.8. The first-order valence-corrected chi connectivity index (χ1v) is 10.7. The van der Waals surface area contributed by atoms with E-state index in [0.29, 0.717) is 42.1 Å². The minimum Gasteiger partial charge on any atom is -0.394 e. The second-order valence-electron chi connectivity index (χ2n) is 6.28. The second kappa shape index (κ2) is 8.38. The van der Waals surface area contributed by atoms with Crippen LogP contribution in [0.15, 0.2) is 18.6 Å². The minimum atomic E-state index is -3.23. The van der Waals surface area contributed by atoms with Crippen molar-refractivity contribution in [3.8, 4) is 0 Å². The van der Waals surface area contributed by atoms with Crippen LogP contribution in [-0.4, -0.2) is 69.6 Å². The van der Waals surface area contributed by atoms with Gasteiger partial charge in [0, 0.05) is 25.3 Å². The molecule has 3 N–H and O–H groups in total. The SMILES string of the molecule is CS(=O)(=O)N1CCCC1CNc1nc(Nc2cnn(CCO)c2)ncc1Cl. The number of aliphatic hydroxyl groups is 1. The van der Waals surface area contributed by atoms with E-state index in [1.54, 1.807) is 17.1 Å². The third-order valence-corrected chi connectivity index (χ3v) is 5.83. The summed E-state index contributed by atoms with van der Waals surface area (Å²) in [5.41, 5.74) is 0.677. The molecule has 0 amide bonds. The Hall–Kier alpha value is -1.95. The maximum atomic E-state index is 11.8. The first-order chi connectivity index (χ1) is 12.9. The van der Waals surface area contributed by atoms with Gasteiger partial charge in [0.1, 0.15) is 5.02 Å². The van der Waals surface area contributed by atoms with Crippen molar-refractivity contribution >= 4 is 39.1 Å². The summed E-state index contributed by atoms with van der Waals surface area (Å²) in [5.74, 6) is 0.758. The average molecular weight is 416 g/mol. The quantitative estimate of drug-likeness (QED) is 0.580. The molecule has 10 nitrogen and oxygen atoms in total.